The van der Waals surface area contributed by atoms with E-state index in [2.05, 4.69) is 5.10 Å². The molecule has 30 heavy (non-hydrogen) atoms. The second kappa shape index (κ2) is 8.38. The Balaban J connectivity index is 1.55. The van der Waals surface area contributed by atoms with Crippen LogP contribution in [0.4, 0.5) is 0 Å². The summed E-state index contributed by atoms with van der Waals surface area (Å²) in [5.41, 5.74) is 2.31. The molecule has 0 saturated heterocycles. The van der Waals surface area contributed by atoms with Crippen molar-refractivity contribution in [3.63, 3.8) is 0 Å². The third kappa shape index (κ3) is 4.13. The van der Waals surface area contributed by atoms with E-state index >= 15 is 0 Å². The number of hydrogen-bond donors (Lipinski definition) is 0. The predicted octanol–water partition coefficient (Wildman–Crippen LogP) is 2.78. The van der Waals surface area contributed by atoms with Crippen molar-refractivity contribution in [3.05, 3.63) is 41.2 Å². The van der Waals surface area contributed by atoms with E-state index in [1.165, 1.54) is 0 Å². The highest BCUT2D eigenvalue weighted by Crippen LogP contribution is 2.41. The molecule has 1 aliphatic heterocycles. The Kier molecular flexibility index (Phi) is 5.65. The molecule has 1 aliphatic carbocycles. The Morgan fingerprint density at radius 1 is 1.23 bits per heavy atom. The summed E-state index contributed by atoms with van der Waals surface area (Å²) in [5, 5.41) is 4.41. The van der Waals surface area contributed by atoms with E-state index in [4.69, 9.17) is 14.2 Å². The zero-order valence-electron chi connectivity index (χ0n) is 17.6. The molecule has 0 N–H and O–H groups in total. The van der Waals surface area contributed by atoms with E-state index in [1.807, 2.05) is 38.1 Å². The number of aromatic nitrogens is 2. The maximum Gasteiger partial charge on any atom is 0.309 e. The van der Waals surface area contributed by atoms with Crippen LogP contribution in [-0.2, 0) is 22.6 Å². The van der Waals surface area contributed by atoms with Gasteiger partial charge < -0.3 is 19.1 Å². The molecule has 2 unspecified atom stereocenters. The number of nitrogens with zero attached hydrogens (tertiary/aromatic N) is 3. The summed E-state index contributed by atoms with van der Waals surface area (Å²) < 4.78 is 17.7. The van der Waals surface area contributed by atoms with Crippen molar-refractivity contribution in [2.24, 2.45) is 11.8 Å². The van der Waals surface area contributed by atoms with Gasteiger partial charge in [-0.15, -0.1) is 0 Å². The fourth-order valence-corrected chi connectivity index (χ4v) is 3.87. The first-order chi connectivity index (χ1) is 14.5. The van der Waals surface area contributed by atoms with Crippen LogP contribution >= 0.6 is 0 Å². The van der Waals surface area contributed by atoms with Crippen molar-refractivity contribution in [2.45, 2.75) is 40.3 Å². The molecule has 1 aromatic carbocycles. The molecule has 2 heterocycles. The molecule has 0 bridgehead atoms. The molecule has 2 aliphatic rings. The SMILES string of the molecule is CCOC(=O)C1CC1CN(Cc1ccc2c(c1)OCO2)C(=O)c1cc(C)nn1CC. The summed E-state index contributed by atoms with van der Waals surface area (Å²) in [7, 11) is 0. The minimum atomic E-state index is -0.174. The molecule has 0 radical (unpaired) electrons. The first-order valence-corrected chi connectivity index (χ1v) is 10.4. The van der Waals surface area contributed by atoms with Gasteiger partial charge in [-0.25, -0.2) is 0 Å². The van der Waals surface area contributed by atoms with E-state index in [1.54, 1.807) is 16.5 Å². The van der Waals surface area contributed by atoms with Gasteiger partial charge in [0.2, 0.25) is 6.79 Å². The second-order valence-electron chi connectivity index (χ2n) is 7.71. The van der Waals surface area contributed by atoms with Crippen LogP contribution < -0.4 is 9.47 Å². The van der Waals surface area contributed by atoms with E-state index < -0.39 is 0 Å². The second-order valence-corrected chi connectivity index (χ2v) is 7.71. The molecule has 1 aromatic heterocycles. The number of aryl methyl sites for hydroxylation is 2. The van der Waals surface area contributed by atoms with Gasteiger partial charge in [-0.2, -0.15) is 5.10 Å². The molecular weight excluding hydrogens is 386 g/mol. The highest BCUT2D eigenvalue weighted by atomic mass is 16.7. The van der Waals surface area contributed by atoms with Gasteiger partial charge in [0.05, 0.1) is 18.2 Å². The predicted molar refractivity (Wildman–Crippen MR) is 108 cm³/mol. The lowest BCUT2D eigenvalue weighted by atomic mass is 10.1. The number of fused-ring (bicyclic) bond motifs is 1. The smallest absolute Gasteiger partial charge is 0.309 e. The summed E-state index contributed by atoms with van der Waals surface area (Å²) >= 11 is 0. The third-order valence-electron chi connectivity index (χ3n) is 5.49. The van der Waals surface area contributed by atoms with E-state index in [0.29, 0.717) is 43.4 Å². The van der Waals surface area contributed by atoms with Gasteiger partial charge >= 0.3 is 5.97 Å². The Morgan fingerprint density at radius 3 is 2.80 bits per heavy atom. The average molecular weight is 413 g/mol. The monoisotopic (exact) mass is 413 g/mol. The number of amides is 1. The van der Waals surface area contributed by atoms with Crippen LogP contribution in [0.15, 0.2) is 24.3 Å². The molecule has 1 amide bonds. The summed E-state index contributed by atoms with van der Waals surface area (Å²) in [5.74, 6) is 1.11. The van der Waals surface area contributed by atoms with E-state index in [0.717, 1.165) is 17.7 Å². The van der Waals surface area contributed by atoms with E-state index in [9.17, 15) is 9.59 Å². The number of benzene rings is 1. The Bertz CT molecular complexity index is 954. The van der Waals surface area contributed by atoms with Gasteiger partial charge in [-0.05, 0) is 56.9 Å². The van der Waals surface area contributed by atoms with Crippen molar-refractivity contribution < 1.29 is 23.8 Å². The first-order valence-electron chi connectivity index (χ1n) is 10.4. The number of ether oxygens (including phenoxy) is 3. The third-order valence-corrected chi connectivity index (χ3v) is 5.49. The quantitative estimate of drug-likeness (QED) is 0.619. The van der Waals surface area contributed by atoms with Gasteiger partial charge in [-0.1, -0.05) is 6.07 Å². The summed E-state index contributed by atoms with van der Waals surface area (Å²) in [4.78, 5) is 27.3. The maximum atomic E-state index is 13.4. The van der Waals surface area contributed by atoms with Crippen LogP contribution in [0.3, 0.4) is 0 Å². The fourth-order valence-electron chi connectivity index (χ4n) is 3.87. The van der Waals surface area contributed by atoms with Crippen LogP contribution in [-0.4, -0.2) is 46.5 Å². The topological polar surface area (TPSA) is 82.9 Å². The van der Waals surface area contributed by atoms with Crippen molar-refractivity contribution in [2.75, 3.05) is 19.9 Å². The standard InChI is InChI=1S/C22H27N3O5/c1-4-25-18(8-14(3)23-25)21(26)24(12-16-10-17(16)22(27)28-5-2)11-15-6-7-19-20(9-15)30-13-29-19/h6-9,16-17H,4-5,10-13H2,1-3H3. The van der Waals surface area contributed by atoms with Crippen molar-refractivity contribution in [1.29, 1.82) is 0 Å². The summed E-state index contributed by atoms with van der Waals surface area (Å²) in [6.07, 6.45) is 0.746. The van der Waals surface area contributed by atoms with Crippen LogP contribution in [0.25, 0.3) is 0 Å². The lowest BCUT2D eigenvalue weighted by molar-refractivity contribution is -0.145. The molecule has 2 atom stereocenters. The minimum absolute atomic E-state index is 0.0929. The van der Waals surface area contributed by atoms with Crippen molar-refractivity contribution >= 4 is 11.9 Å². The number of esters is 1. The van der Waals surface area contributed by atoms with Gasteiger partial charge in [0.15, 0.2) is 11.5 Å². The minimum Gasteiger partial charge on any atom is -0.466 e. The number of carbonyl (C=O) groups excluding carboxylic acids is 2. The van der Waals surface area contributed by atoms with Gasteiger partial charge in [0, 0.05) is 19.6 Å². The maximum absolute atomic E-state index is 13.4. The molecule has 8 nitrogen and oxygen atoms in total. The molecule has 0 spiro atoms. The van der Waals surface area contributed by atoms with Crippen LogP contribution in [0.5, 0.6) is 11.5 Å². The van der Waals surface area contributed by atoms with Gasteiger partial charge in [0.25, 0.3) is 5.91 Å². The highest BCUT2D eigenvalue weighted by Gasteiger charge is 2.45. The zero-order chi connectivity index (χ0) is 21.3. The Hall–Kier alpha value is -3.03. The lowest BCUT2D eigenvalue weighted by Gasteiger charge is -2.23. The number of carbonyl (C=O) groups is 2. The molecule has 1 fully saturated rings. The van der Waals surface area contributed by atoms with Crippen molar-refractivity contribution in [1.82, 2.24) is 14.7 Å². The number of rotatable bonds is 8. The Labute approximate surface area is 175 Å². The lowest BCUT2D eigenvalue weighted by Crippen LogP contribution is -2.34. The van der Waals surface area contributed by atoms with Crippen molar-refractivity contribution in [3.8, 4) is 11.5 Å². The molecule has 2 aromatic rings. The molecular formula is C22H27N3O5. The molecule has 8 heteroatoms. The summed E-state index contributed by atoms with van der Waals surface area (Å²) in [6, 6.07) is 7.51. The molecule has 4 rings (SSSR count). The summed E-state index contributed by atoms with van der Waals surface area (Å²) in [6.45, 7) is 7.74. The van der Waals surface area contributed by atoms with Crippen LogP contribution in [0.2, 0.25) is 0 Å². The highest BCUT2D eigenvalue weighted by molar-refractivity contribution is 5.93. The first kappa shape index (κ1) is 20.3. The Morgan fingerprint density at radius 2 is 2.03 bits per heavy atom. The fraction of sp³-hybridized carbons (Fsp3) is 0.500. The van der Waals surface area contributed by atoms with Gasteiger partial charge in [0.1, 0.15) is 5.69 Å². The van der Waals surface area contributed by atoms with Crippen LogP contribution in [0, 0.1) is 18.8 Å². The number of hydrogen-bond acceptors (Lipinski definition) is 6. The van der Waals surface area contributed by atoms with Gasteiger partial charge in [-0.3, -0.25) is 14.3 Å². The average Bonchev–Trinajstić information content (AvgIpc) is 3.16. The van der Waals surface area contributed by atoms with Crippen LogP contribution in [0.1, 0.15) is 42.0 Å². The largest absolute Gasteiger partial charge is 0.466 e. The normalized spacial score (nSPS) is 18.9. The zero-order valence-corrected chi connectivity index (χ0v) is 17.6. The molecule has 1 saturated carbocycles. The molecule has 160 valence electrons. The van der Waals surface area contributed by atoms with E-state index in [-0.39, 0.29) is 30.5 Å².